The summed E-state index contributed by atoms with van der Waals surface area (Å²) in [4.78, 5) is 14.5. The van der Waals surface area contributed by atoms with Gasteiger partial charge in [0.1, 0.15) is 5.75 Å². The quantitative estimate of drug-likeness (QED) is 0.683. The molecule has 0 saturated heterocycles. The maximum Gasteiger partial charge on any atom is 0.253 e. The lowest BCUT2D eigenvalue weighted by Gasteiger charge is -2.18. The molecule has 0 fully saturated rings. The van der Waals surface area contributed by atoms with Gasteiger partial charge >= 0.3 is 0 Å². The normalized spacial score (nSPS) is 10.6. The van der Waals surface area contributed by atoms with Gasteiger partial charge in [-0.05, 0) is 47.2 Å². The van der Waals surface area contributed by atoms with E-state index < -0.39 is 0 Å². The third kappa shape index (κ3) is 3.72. The number of carbonyl (C=O) groups excluding carboxylic acids is 1. The van der Waals surface area contributed by atoms with Crippen molar-refractivity contribution in [2.75, 3.05) is 14.2 Å². The molecule has 0 aliphatic rings. The van der Waals surface area contributed by atoms with Crippen LogP contribution in [0.3, 0.4) is 0 Å². The van der Waals surface area contributed by atoms with Gasteiger partial charge in [0.2, 0.25) is 0 Å². The third-order valence-electron chi connectivity index (χ3n) is 4.12. The summed E-state index contributed by atoms with van der Waals surface area (Å²) >= 11 is 0. The number of aromatic nitrogens is 4. The zero-order valence-corrected chi connectivity index (χ0v) is 15.1. The minimum atomic E-state index is -0.0572. The van der Waals surface area contributed by atoms with Gasteiger partial charge in [-0.15, -0.1) is 5.10 Å². The number of hydrogen-bond donors (Lipinski definition) is 0. The molecule has 1 aromatic heterocycles. The monoisotopic (exact) mass is 351 g/mol. The highest BCUT2D eigenvalue weighted by atomic mass is 16.5. The van der Waals surface area contributed by atoms with Crippen molar-refractivity contribution in [3.63, 3.8) is 0 Å². The van der Waals surface area contributed by atoms with Gasteiger partial charge in [-0.1, -0.05) is 24.3 Å². The standard InChI is InChI=1S/C19H21N5O2/c1-4-24-18(20-21-22-24)15-6-5-7-16(12-15)19(25)23(2)13-14-8-10-17(26-3)11-9-14/h5-12H,4,13H2,1-3H3. The van der Waals surface area contributed by atoms with Gasteiger partial charge in [-0.25, -0.2) is 4.68 Å². The van der Waals surface area contributed by atoms with Gasteiger partial charge < -0.3 is 9.64 Å². The van der Waals surface area contributed by atoms with E-state index in [9.17, 15) is 4.79 Å². The molecule has 1 amide bonds. The second-order valence-electron chi connectivity index (χ2n) is 5.91. The van der Waals surface area contributed by atoms with Gasteiger partial charge in [-0.2, -0.15) is 0 Å². The van der Waals surface area contributed by atoms with Crippen LogP contribution in [0.15, 0.2) is 48.5 Å². The average Bonchev–Trinajstić information content (AvgIpc) is 3.17. The second kappa shape index (κ2) is 7.77. The van der Waals surface area contributed by atoms with Crippen LogP contribution in [0.5, 0.6) is 5.75 Å². The molecule has 0 bridgehead atoms. The average molecular weight is 351 g/mol. The number of rotatable bonds is 6. The van der Waals surface area contributed by atoms with Crippen molar-refractivity contribution in [1.29, 1.82) is 0 Å². The minimum Gasteiger partial charge on any atom is -0.497 e. The molecule has 3 aromatic rings. The summed E-state index contributed by atoms with van der Waals surface area (Å²) in [5.41, 5.74) is 2.46. The van der Waals surface area contributed by atoms with E-state index in [2.05, 4.69) is 15.5 Å². The lowest BCUT2D eigenvalue weighted by molar-refractivity contribution is 0.0785. The van der Waals surface area contributed by atoms with E-state index in [0.29, 0.717) is 24.5 Å². The number of hydrogen-bond acceptors (Lipinski definition) is 5. The summed E-state index contributed by atoms with van der Waals surface area (Å²) < 4.78 is 6.86. The predicted molar refractivity (Wildman–Crippen MR) is 97.7 cm³/mol. The van der Waals surface area contributed by atoms with Crippen LogP contribution in [0.1, 0.15) is 22.8 Å². The zero-order valence-electron chi connectivity index (χ0n) is 15.1. The molecule has 0 radical (unpaired) electrons. The Hall–Kier alpha value is -3.22. The Bertz CT molecular complexity index is 889. The predicted octanol–water partition coefficient (Wildman–Crippen LogP) is 2.64. The van der Waals surface area contributed by atoms with Crippen molar-refractivity contribution in [1.82, 2.24) is 25.1 Å². The smallest absolute Gasteiger partial charge is 0.253 e. The van der Waals surface area contributed by atoms with Crippen molar-refractivity contribution in [2.45, 2.75) is 20.0 Å². The Morgan fingerprint density at radius 2 is 1.96 bits per heavy atom. The van der Waals surface area contributed by atoms with Crippen LogP contribution < -0.4 is 4.74 Å². The number of tetrazole rings is 1. The van der Waals surface area contributed by atoms with E-state index >= 15 is 0 Å². The molecule has 26 heavy (non-hydrogen) atoms. The summed E-state index contributed by atoms with van der Waals surface area (Å²) in [6.07, 6.45) is 0. The SMILES string of the molecule is CCn1nnnc1-c1cccc(C(=O)N(C)Cc2ccc(OC)cc2)c1. The summed E-state index contributed by atoms with van der Waals surface area (Å²) in [6, 6.07) is 15.1. The molecule has 134 valence electrons. The number of benzene rings is 2. The van der Waals surface area contributed by atoms with Gasteiger partial charge in [0.15, 0.2) is 5.82 Å². The van der Waals surface area contributed by atoms with Crippen molar-refractivity contribution in [3.8, 4) is 17.1 Å². The number of carbonyl (C=O) groups is 1. The highest BCUT2D eigenvalue weighted by Crippen LogP contribution is 2.19. The van der Waals surface area contributed by atoms with Crippen LogP contribution in [0, 0.1) is 0 Å². The first kappa shape index (κ1) is 17.6. The van der Waals surface area contributed by atoms with E-state index in [4.69, 9.17) is 4.74 Å². The van der Waals surface area contributed by atoms with Crippen LogP contribution in [-0.4, -0.2) is 45.2 Å². The Morgan fingerprint density at radius 1 is 1.19 bits per heavy atom. The number of amides is 1. The summed E-state index contributed by atoms with van der Waals surface area (Å²) in [5.74, 6) is 1.39. The van der Waals surface area contributed by atoms with Crippen LogP contribution in [0.4, 0.5) is 0 Å². The number of aryl methyl sites for hydroxylation is 1. The highest BCUT2D eigenvalue weighted by Gasteiger charge is 2.15. The van der Waals surface area contributed by atoms with E-state index in [1.165, 1.54) is 0 Å². The largest absolute Gasteiger partial charge is 0.497 e. The van der Waals surface area contributed by atoms with Gasteiger partial charge in [0.25, 0.3) is 5.91 Å². The zero-order chi connectivity index (χ0) is 18.5. The molecule has 0 saturated carbocycles. The summed E-state index contributed by atoms with van der Waals surface area (Å²) in [5, 5.41) is 11.7. The molecule has 2 aromatic carbocycles. The molecule has 0 unspecified atom stereocenters. The topological polar surface area (TPSA) is 73.1 Å². The molecule has 0 aliphatic carbocycles. The molecular weight excluding hydrogens is 330 g/mol. The first-order chi connectivity index (χ1) is 12.6. The van der Waals surface area contributed by atoms with E-state index in [1.54, 1.807) is 29.8 Å². The first-order valence-electron chi connectivity index (χ1n) is 8.37. The second-order valence-corrected chi connectivity index (χ2v) is 5.91. The first-order valence-corrected chi connectivity index (χ1v) is 8.37. The van der Waals surface area contributed by atoms with E-state index in [-0.39, 0.29) is 5.91 Å². The highest BCUT2D eigenvalue weighted by molar-refractivity contribution is 5.95. The fourth-order valence-electron chi connectivity index (χ4n) is 2.71. The fourth-order valence-corrected chi connectivity index (χ4v) is 2.71. The molecule has 7 nitrogen and oxygen atoms in total. The minimum absolute atomic E-state index is 0.0572. The molecule has 7 heteroatoms. The number of methoxy groups -OCH3 is 1. The van der Waals surface area contributed by atoms with Crippen LogP contribution in [0.25, 0.3) is 11.4 Å². The number of nitrogens with zero attached hydrogens (tertiary/aromatic N) is 5. The van der Waals surface area contributed by atoms with Crippen molar-refractivity contribution in [3.05, 3.63) is 59.7 Å². The Kier molecular flexibility index (Phi) is 5.26. The van der Waals surface area contributed by atoms with Crippen molar-refractivity contribution in [2.24, 2.45) is 0 Å². The van der Waals surface area contributed by atoms with Crippen LogP contribution in [-0.2, 0) is 13.1 Å². The third-order valence-corrected chi connectivity index (χ3v) is 4.12. The van der Waals surface area contributed by atoms with Crippen molar-refractivity contribution < 1.29 is 9.53 Å². The summed E-state index contributed by atoms with van der Waals surface area (Å²) in [7, 11) is 3.42. The lowest BCUT2D eigenvalue weighted by atomic mass is 10.1. The molecule has 0 spiro atoms. The van der Waals surface area contributed by atoms with E-state index in [0.717, 1.165) is 16.9 Å². The molecule has 0 N–H and O–H groups in total. The maximum absolute atomic E-state index is 12.8. The fraction of sp³-hybridized carbons (Fsp3) is 0.263. The Labute approximate surface area is 152 Å². The maximum atomic E-state index is 12.8. The van der Waals surface area contributed by atoms with Crippen molar-refractivity contribution >= 4 is 5.91 Å². The Morgan fingerprint density at radius 3 is 2.65 bits per heavy atom. The lowest BCUT2D eigenvalue weighted by Crippen LogP contribution is -2.26. The van der Waals surface area contributed by atoms with Crippen LogP contribution >= 0.6 is 0 Å². The van der Waals surface area contributed by atoms with E-state index in [1.807, 2.05) is 49.4 Å². The van der Waals surface area contributed by atoms with Gasteiger partial charge in [-0.3, -0.25) is 4.79 Å². The number of ether oxygens (including phenoxy) is 1. The molecule has 1 heterocycles. The molecule has 3 rings (SSSR count). The van der Waals surface area contributed by atoms with Gasteiger partial charge in [0.05, 0.1) is 7.11 Å². The van der Waals surface area contributed by atoms with Gasteiger partial charge in [0, 0.05) is 31.3 Å². The molecule has 0 aliphatic heterocycles. The summed E-state index contributed by atoms with van der Waals surface area (Å²) in [6.45, 7) is 3.15. The Balaban J connectivity index is 1.77. The molecule has 0 atom stereocenters. The molecular formula is C19H21N5O2. The van der Waals surface area contributed by atoms with Crippen LogP contribution in [0.2, 0.25) is 0 Å².